The largest absolute Gasteiger partial charge is 0.385 e. The third-order valence-corrected chi connectivity index (χ3v) is 8.14. The molecule has 2 nitrogen and oxygen atoms in total. The molecule has 2 aliphatic carbocycles. The summed E-state index contributed by atoms with van der Waals surface area (Å²) in [6.45, 7) is 16.3. The summed E-state index contributed by atoms with van der Waals surface area (Å²) in [5.41, 5.74) is 7.33. The van der Waals surface area contributed by atoms with Crippen molar-refractivity contribution in [2.45, 2.75) is 91.4 Å². The molecule has 0 saturated heterocycles. The van der Waals surface area contributed by atoms with Gasteiger partial charge in [0.15, 0.2) is 0 Å². The number of nitrogens with one attached hydrogen (secondary N) is 2. The van der Waals surface area contributed by atoms with Crippen LogP contribution in [0.2, 0.25) is 0 Å². The molecular weight excluding hydrogens is 436 g/mol. The van der Waals surface area contributed by atoms with Crippen LogP contribution in [0.25, 0.3) is 6.08 Å². The van der Waals surface area contributed by atoms with Gasteiger partial charge in [0.05, 0.1) is 0 Å². The summed E-state index contributed by atoms with van der Waals surface area (Å²) in [4.78, 5) is 0. The zero-order valence-corrected chi connectivity index (χ0v) is 23.3. The number of hydrogen-bond donors (Lipinski definition) is 2. The van der Waals surface area contributed by atoms with Crippen molar-refractivity contribution in [3.8, 4) is 0 Å². The maximum atomic E-state index is 4.39. The third-order valence-electron chi connectivity index (χ3n) is 8.14. The first kappa shape index (κ1) is 28.1. The highest BCUT2D eigenvalue weighted by atomic mass is 14.9. The summed E-state index contributed by atoms with van der Waals surface area (Å²) in [6.07, 6.45) is 25.5. The summed E-state index contributed by atoms with van der Waals surface area (Å²) in [7, 11) is 0. The van der Waals surface area contributed by atoms with Gasteiger partial charge in [0.25, 0.3) is 0 Å². The maximum absolute atomic E-state index is 4.39. The monoisotopic (exact) mass is 486 g/mol. The molecule has 0 spiro atoms. The Morgan fingerprint density at radius 3 is 2.39 bits per heavy atom. The molecule has 0 amide bonds. The molecule has 2 heteroatoms. The van der Waals surface area contributed by atoms with Crippen molar-refractivity contribution >= 4 is 11.8 Å². The summed E-state index contributed by atoms with van der Waals surface area (Å²) in [5.74, 6) is 1.97. The van der Waals surface area contributed by atoms with Gasteiger partial charge in [0, 0.05) is 29.5 Å². The van der Waals surface area contributed by atoms with E-state index in [0.717, 1.165) is 24.6 Å². The lowest BCUT2D eigenvalue weighted by Crippen LogP contribution is -2.26. The lowest BCUT2D eigenvalue weighted by molar-refractivity contribution is 0.284. The quantitative estimate of drug-likeness (QED) is 0.240. The van der Waals surface area contributed by atoms with E-state index in [2.05, 4.69) is 93.1 Å². The van der Waals surface area contributed by atoms with Gasteiger partial charge in [-0.1, -0.05) is 108 Å². The van der Waals surface area contributed by atoms with Gasteiger partial charge < -0.3 is 10.6 Å². The maximum Gasteiger partial charge on any atom is 0.0387 e. The van der Waals surface area contributed by atoms with Crippen LogP contribution >= 0.6 is 0 Å². The predicted octanol–water partition coefficient (Wildman–Crippen LogP) is 9.73. The van der Waals surface area contributed by atoms with E-state index in [-0.39, 0.29) is 0 Å². The standard InChI is InChI=1S/C34H50N2/c1-6-14-30(16-13-24-35-29(5)34-19-12-11-15-27(34)3)21-22-32-25-33(23-20-26(32)2)36-28(4)31-17-9-7-8-10-18-31/h13-14,16,20-23,25,27,31,34-36H,4-12,15,17-19,24H2,1-3H3/b16-13-,22-21+,30-14+. The van der Waals surface area contributed by atoms with E-state index in [4.69, 9.17) is 0 Å². The van der Waals surface area contributed by atoms with E-state index < -0.39 is 0 Å². The molecule has 36 heavy (non-hydrogen) atoms. The molecule has 0 aromatic heterocycles. The zero-order valence-electron chi connectivity index (χ0n) is 23.3. The zero-order chi connectivity index (χ0) is 25.8. The topological polar surface area (TPSA) is 24.1 Å². The van der Waals surface area contributed by atoms with Gasteiger partial charge in [0.1, 0.15) is 0 Å². The van der Waals surface area contributed by atoms with E-state index in [0.29, 0.717) is 11.8 Å². The summed E-state index contributed by atoms with van der Waals surface area (Å²) in [5, 5.41) is 7.20. The highest BCUT2D eigenvalue weighted by Crippen LogP contribution is 2.33. The van der Waals surface area contributed by atoms with Gasteiger partial charge in [-0.2, -0.15) is 0 Å². The molecule has 1 aromatic rings. The van der Waals surface area contributed by atoms with Gasteiger partial charge in [-0.05, 0) is 73.3 Å². The van der Waals surface area contributed by atoms with Crippen molar-refractivity contribution in [3.63, 3.8) is 0 Å². The molecule has 0 bridgehead atoms. The molecule has 2 unspecified atom stereocenters. The average Bonchev–Trinajstić information content (AvgIpc) is 3.16. The van der Waals surface area contributed by atoms with Gasteiger partial charge in [-0.3, -0.25) is 0 Å². The van der Waals surface area contributed by atoms with Crippen LogP contribution in [-0.4, -0.2) is 6.54 Å². The van der Waals surface area contributed by atoms with Crippen molar-refractivity contribution in [3.05, 3.63) is 83.8 Å². The lowest BCUT2D eigenvalue weighted by atomic mass is 9.79. The van der Waals surface area contributed by atoms with Crippen LogP contribution in [0, 0.1) is 24.7 Å². The van der Waals surface area contributed by atoms with E-state index in [1.54, 1.807) is 0 Å². The molecule has 1 aromatic carbocycles. The minimum absolute atomic E-state index is 0.600. The van der Waals surface area contributed by atoms with Crippen LogP contribution in [0.5, 0.6) is 0 Å². The van der Waals surface area contributed by atoms with Crippen molar-refractivity contribution in [2.24, 2.45) is 17.8 Å². The molecule has 2 fully saturated rings. The minimum atomic E-state index is 0.600. The van der Waals surface area contributed by atoms with Crippen LogP contribution in [0.3, 0.4) is 0 Å². The molecule has 0 heterocycles. The van der Waals surface area contributed by atoms with Gasteiger partial charge in [0.2, 0.25) is 0 Å². The van der Waals surface area contributed by atoms with E-state index in [1.807, 2.05) is 0 Å². The van der Waals surface area contributed by atoms with Crippen molar-refractivity contribution in [2.75, 3.05) is 11.9 Å². The number of aryl methyl sites for hydroxylation is 1. The van der Waals surface area contributed by atoms with E-state index in [9.17, 15) is 0 Å². The predicted molar refractivity (Wildman–Crippen MR) is 160 cm³/mol. The Bertz CT molecular complexity index is 940. The Morgan fingerprint density at radius 2 is 1.67 bits per heavy atom. The number of hydrogen-bond acceptors (Lipinski definition) is 2. The Kier molecular flexibility index (Phi) is 11.7. The second-order valence-corrected chi connectivity index (χ2v) is 11.0. The molecule has 2 N–H and O–H groups in total. The van der Waals surface area contributed by atoms with Crippen molar-refractivity contribution in [1.29, 1.82) is 0 Å². The fourth-order valence-corrected chi connectivity index (χ4v) is 5.78. The Morgan fingerprint density at radius 1 is 0.944 bits per heavy atom. The SMILES string of the molecule is C=C(Nc1ccc(C)c(/C=C/C(/C=C\CNC(=C)C2CCCCC2C)=C/CC)c1)C1CCCCCC1. The summed E-state index contributed by atoms with van der Waals surface area (Å²) >= 11 is 0. The van der Waals surface area contributed by atoms with Gasteiger partial charge >= 0.3 is 0 Å². The number of rotatable bonds is 11. The van der Waals surface area contributed by atoms with E-state index >= 15 is 0 Å². The summed E-state index contributed by atoms with van der Waals surface area (Å²) < 4.78 is 0. The van der Waals surface area contributed by atoms with Crippen LogP contribution < -0.4 is 10.6 Å². The molecule has 2 atom stereocenters. The average molecular weight is 487 g/mol. The molecule has 2 aliphatic rings. The molecule has 3 rings (SSSR count). The fraction of sp³-hybridized carbons (Fsp3) is 0.529. The fourth-order valence-electron chi connectivity index (χ4n) is 5.78. The van der Waals surface area contributed by atoms with Crippen molar-refractivity contribution in [1.82, 2.24) is 5.32 Å². The first-order valence-corrected chi connectivity index (χ1v) is 14.5. The van der Waals surface area contributed by atoms with Crippen LogP contribution in [-0.2, 0) is 0 Å². The Labute approximate surface area is 221 Å². The first-order valence-electron chi connectivity index (χ1n) is 14.5. The van der Waals surface area contributed by atoms with Crippen LogP contribution in [0.1, 0.15) is 95.6 Å². The van der Waals surface area contributed by atoms with Gasteiger partial charge in [-0.25, -0.2) is 0 Å². The van der Waals surface area contributed by atoms with Gasteiger partial charge in [-0.15, -0.1) is 0 Å². The van der Waals surface area contributed by atoms with E-state index in [1.165, 1.54) is 92.3 Å². The first-order chi connectivity index (χ1) is 17.5. The number of allylic oxidation sites excluding steroid dienone is 6. The summed E-state index contributed by atoms with van der Waals surface area (Å²) in [6, 6.07) is 6.66. The second kappa shape index (κ2) is 14.9. The molecule has 196 valence electrons. The normalized spacial score (nSPS) is 22.0. The highest BCUT2D eigenvalue weighted by Gasteiger charge is 2.23. The van der Waals surface area contributed by atoms with Crippen LogP contribution in [0.4, 0.5) is 5.69 Å². The second-order valence-electron chi connectivity index (χ2n) is 11.0. The van der Waals surface area contributed by atoms with Crippen LogP contribution in [0.15, 0.2) is 72.6 Å². The third kappa shape index (κ3) is 8.87. The lowest BCUT2D eigenvalue weighted by Gasteiger charge is -2.30. The Hall–Kier alpha value is -2.48. The smallest absolute Gasteiger partial charge is 0.0387 e. The molecule has 0 aliphatic heterocycles. The Balaban J connectivity index is 1.57. The number of anilines is 1. The molecule has 0 radical (unpaired) electrons. The minimum Gasteiger partial charge on any atom is -0.385 e. The molecular formula is C34H50N2. The molecule has 2 saturated carbocycles. The number of benzene rings is 1. The van der Waals surface area contributed by atoms with Crippen molar-refractivity contribution < 1.29 is 0 Å². The highest BCUT2D eigenvalue weighted by molar-refractivity contribution is 5.64.